The summed E-state index contributed by atoms with van der Waals surface area (Å²) in [5.74, 6) is -1.44. The minimum absolute atomic E-state index is 0.0759. The molecule has 0 bridgehead atoms. The Balaban J connectivity index is 1.95. The summed E-state index contributed by atoms with van der Waals surface area (Å²) in [5, 5.41) is 2.32. The van der Waals surface area contributed by atoms with Gasteiger partial charge in [0.25, 0.3) is 11.6 Å². The maximum Gasteiger partial charge on any atom is 0.440 e. The summed E-state index contributed by atoms with van der Waals surface area (Å²) in [4.78, 5) is 15.0. The molecule has 3 N–H and O–H groups in total. The molecule has 1 atom stereocenters. The number of nitrogens with two attached hydrogens (primary N) is 1. The standard InChI is InChI=1S/C15H19F3N4O/c16-15(17,18)14(13(19)23)20-11-5-1-2-6-12(11)22(14)10-9-21-7-3-4-8-21/h1-2,5-6,20H,3-4,7-10H2,(H2,19,23). The number of hydrogen-bond acceptors (Lipinski definition) is 4. The quantitative estimate of drug-likeness (QED) is 0.884. The van der Waals surface area contributed by atoms with Crippen molar-refractivity contribution in [1.82, 2.24) is 4.90 Å². The Morgan fingerprint density at radius 2 is 1.87 bits per heavy atom. The molecule has 5 nitrogen and oxygen atoms in total. The molecule has 2 aliphatic heterocycles. The van der Waals surface area contributed by atoms with Crippen LogP contribution in [-0.2, 0) is 4.79 Å². The van der Waals surface area contributed by atoms with Crippen LogP contribution >= 0.6 is 0 Å². The molecule has 3 rings (SSSR count). The molecular formula is C15H19F3N4O. The zero-order chi connectivity index (χ0) is 16.7. The fourth-order valence-electron chi connectivity index (χ4n) is 3.35. The van der Waals surface area contributed by atoms with Crippen molar-refractivity contribution in [2.24, 2.45) is 5.73 Å². The Labute approximate surface area is 132 Å². The summed E-state index contributed by atoms with van der Waals surface area (Å²) in [5.41, 5.74) is 2.92. The topological polar surface area (TPSA) is 61.6 Å². The molecule has 126 valence electrons. The molecule has 1 aromatic rings. The van der Waals surface area contributed by atoms with Gasteiger partial charge in [0.2, 0.25) is 0 Å². The van der Waals surface area contributed by atoms with Gasteiger partial charge in [-0.05, 0) is 38.1 Å². The first-order valence-electron chi connectivity index (χ1n) is 7.60. The van der Waals surface area contributed by atoms with Gasteiger partial charge in [-0.25, -0.2) is 0 Å². The number of alkyl halides is 3. The molecular weight excluding hydrogens is 309 g/mol. The number of hydrogen-bond donors (Lipinski definition) is 2. The first kappa shape index (κ1) is 15.9. The van der Waals surface area contributed by atoms with Gasteiger partial charge in [0.05, 0.1) is 11.4 Å². The Hall–Kier alpha value is -1.96. The molecule has 1 aromatic carbocycles. The van der Waals surface area contributed by atoms with E-state index in [9.17, 15) is 18.0 Å². The van der Waals surface area contributed by atoms with Crippen LogP contribution in [0.3, 0.4) is 0 Å². The predicted molar refractivity (Wildman–Crippen MR) is 81.1 cm³/mol. The van der Waals surface area contributed by atoms with Crippen LogP contribution in [0.5, 0.6) is 0 Å². The van der Waals surface area contributed by atoms with Gasteiger partial charge >= 0.3 is 6.18 Å². The second-order valence-electron chi connectivity index (χ2n) is 5.91. The van der Waals surface area contributed by atoms with Gasteiger partial charge in [-0.1, -0.05) is 12.1 Å². The van der Waals surface area contributed by atoms with E-state index in [4.69, 9.17) is 5.73 Å². The van der Waals surface area contributed by atoms with Crippen molar-refractivity contribution in [3.63, 3.8) is 0 Å². The molecule has 1 fully saturated rings. The van der Waals surface area contributed by atoms with Gasteiger partial charge < -0.3 is 20.9 Å². The second kappa shape index (κ2) is 5.59. The number of para-hydroxylation sites is 2. The summed E-state index contributed by atoms with van der Waals surface area (Å²) in [6.45, 7) is 2.28. The van der Waals surface area contributed by atoms with Crippen LogP contribution in [0.2, 0.25) is 0 Å². The number of nitrogens with one attached hydrogen (secondary N) is 1. The van der Waals surface area contributed by atoms with E-state index in [1.54, 1.807) is 18.2 Å². The Bertz CT molecular complexity index is 601. The number of primary amides is 1. The fourth-order valence-corrected chi connectivity index (χ4v) is 3.35. The van der Waals surface area contributed by atoms with E-state index in [0.29, 0.717) is 12.2 Å². The average molecular weight is 328 g/mol. The molecule has 23 heavy (non-hydrogen) atoms. The zero-order valence-electron chi connectivity index (χ0n) is 12.6. The van der Waals surface area contributed by atoms with Gasteiger partial charge in [0.1, 0.15) is 0 Å². The lowest BCUT2D eigenvalue weighted by atomic mass is 10.1. The highest BCUT2D eigenvalue weighted by Gasteiger charge is 2.66. The first-order valence-corrected chi connectivity index (χ1v) is 7.60. The Morgan fingerprint density at radius 1 is 1.22 bits per heavy atom. The average Bonchev–Trinajstić information content (AvgIpc) is 3.10. The first-order chi connectivity index (χ1) is 10.9. The minimum atomic E-state index is -4.83. The van der Waals surface area contributed by atoms with Crippen LogP contribution in [0.15, 0.2) is 24.3 Å². The number of nitrogens with zero attached hydrogens (tertiary/aromatic N) is 2. The van der Waals surface area contributed by atoms with Gasteiger partial charge in [0.15, 0.2) is 0 Å². The van der Waals surface area contributed by atoms with Crippen LogP contribution < -0.4 is 16.0 Å². The van der Waals surface area contributed by atoms with Crippen LogP contribution in [0, 0.1) is 0 Å². The molecule has 2 heterocycles. The number of fused-ring (bicyclic) bond motifs is 1. The smallest absolute Gasteiger partial charge is 0.366 e. The second-order valence-corrected chi connectivity index (χ2v) is 5.91. The van der Waals surface area contributed by atoms with Crippen LogP contribution in [0.25, 0.3) is 0 Å². The predicted octanol–water partition coefficient (Wildman–Crippen LogP) is 1.76. The van der Waals surface area contributed by atoms with E-state index in [-0.39, 0.29) is 12.2 Å². The summed E-state index contributed by atoms with van der Waals surface area (Å²) >= 11 is 0. The van der Waals surface area contributed by atoms with Crippen molar-refractivity contribution in [3.05, 3.63) is 24.3 Å². The molecule has 2 aliphatic rings. The van der Waals surface area contributed by atoms with Crippen molar-refractivity contribution in [2.45, 2.75) is 24.7 Å². The van der Waals surface area contributed by atoms with Gasteiger partial charge in [-0.3, -0.25) is 4.79 Å². The minimum Gasteiger partial charge on any atom is -0.366 e. The molecule has 1 amide bonds. The molecule has 0 aliphatic carbocycles. The largest absolute Gasteiger partial charge is 0.440 e. The van der Waals surface area contributed by atoms with E-state index in [1.807, 2.05) is 0 Å². The van der Waals surface area contributed by atoms with E-state index in [2.05, 4.69) is 10.2 Å². The molecule has 8 heteroatoms. The lowest BCUT2D eigenvalue weighted by molar-refractivity contribution is -0.183. The molecule has 0 spiro atoms. The number of anilines is 2. The van der Waals surface area contributed by atoms with E-state index in [1.165, 1.54) is 6.07 Å². The van der Waals surface area contributed by atoms with E-state index >= 15 is 0 Å². The van der Waals surface area contributed by atoms with Crippen molar-refractivity contribution in [1.29, 1.82) is 0 Å². The Kier molecular flexibility index (Phi) is 3.87. The number of benzene rings is 1. The maximum absolute atomic E-state index is 13.8. The molecule has 1 saturated heterocycles. The van der Waals surface area contributed by atoms with Crippen LogP contribution in [0.1, 0.15) is 12.8 Å². The highest BCUT2D eigenvalue weighted by Crippen LogP contribution is 2.47. The number of amides is 1. The highest BCUT2D eigenvalue weighted by molar-refractivity contribution is 5.98. The van der Waals surface area contributed by atoms with Crippen LogP contribution in [-0.4, -0.2) is 48.8 Å². The van der Waals surface area contributed by atoms with Gasteiger partial charge in [0, 0.05) is 13.1 Å². The summed E-state index contributed by atoms with van der Waals surface area (Å²) in [7, 11) is 0. The number of likely N-dealkylation sites (tertiary alicyclic amines) is 1. The van der Waals surface area contributed by atoms with Crippen molar-refractivity contribution in [2.75, 3.05) is 36.4 Å². The molecule has 0 aromatic heterocycles. The van der Waals surface area contributed by atoms with Crippen molar-refractivity contribution >= 4 is 17.3 Å². The summed E-state index contributed by atoms with van der Waals surface area (Å²) in [6.07, 6.45) is -2.73. The zero-order valence-corrected chi connectivity index (χ0v) is 12.6. The maximum atomic E-state index is 13.8. The third kappa shape index (κ3) is 2.50. The third-order valence-corrected chi connectivity index (χ3v) is 4.52. The summed E-state index contributed by atoms with van der Waals surface area (Å²) in [6, 6.07) is 6.37. The number of rotatable bonds is 4. The SMILES string of the molecule is NC(=O)C1(C(F)(F)F)Nc2ccccc2N1CCN1CCCC1. The van der Waals surface area contributed by atoms with E-state index in [0.717, 1.165) is 30.8 Å². The highest BCUT2D eigenvalue weighted by atomic mass is 19.4. The molecule has 0 radical (unpaired) electrons. The Morgan fingerprint density at radius 3 is 2.48 bits per heavy atom. The van der Waals surface area contributed by atoms with Crippen molar-refractivity contribution in [3.8, 4) is 0 Å². The number of carbonyl (C=O) groups is 1. The molecule has 0 saturated carbocycles. The fraction of sp³-hybridized carbons (Fsp3) is 0.533. The van der Waals surface area contributed by atoms with E-state index < -0.39 is 17.7 Å². The molecule has 1 unspecified atom stereocenters. The normalized spacial score (nSPS) is 24.6. The lowest BCUT2D eigenvalue weighted by Gasteiger charge is -2.39. The van der Waals surface area contributed by atoms with Crippen LogP contribution in [0.4, 0.5) is 24.5 Å². The number of halogens is 3. The van der Waals surface area contributed by atoms with Gasteiger partial charge in [-0.2, -0.15) is 13.2 Å². The lowest BCUT2D eigenvalue weighted by Crippen LogP contribution is -2.69. The van der Waals surface area contributed by atoms with Crippen molar-refractivity contribution < 1.29 is 18.0 Å². The number of carbonyl (C=O) groups excluding carboxylic acids is 1. The summed E-state index contributed by atoms with van der Waals surface area (Å²) < 4.78 is 41.3. The monoisotopic (exact) mass is 328 g/mol. The third-order valence-electron chi connectivity index (χ3n) is 4.52. The van der Waals surface area contributed by atoms with Gasteiger partial charge in [-0.15, -0.1) is 0 Å².